The zero-order valence-corrected chi connectivity index (χ0v) is 18.9. The molecule has 0 fully saturated rings. The SMILES string of the molecule is CCCC([O])c1cccc(C(Cl)(Cl)C(Cl)(Cl)C(Cl)(Cl)C(Cl)(Cl)Cl)c1. The van der Waals surface area contributed by atoms with Gasteiger partial charge in [0.1, 0.15) is 6.10 Å². The van der Waals surface area contributed by atoms with Crippen LogP contribution in [0.3, 0.4) is 0 Å². The van der Waals surface area contributed by atoms with Gasteiger partial charge in [0.25, 0.3) is 0 Å². The highest BCUT2D eigenvalue weighted by Crippen LogP contribution is 2.65. The minimum atomic E-state index is -2.37. The Morgan fingerprint density at radius 3 is 1.92 bits per heavy atom. The molecule has 0 aliphatic heterocycles. The highest BCUT2D eigenvalue weighted by atomic mass is 35.6. The first-order chi connectivity index (χ1) is 10.7. The molecule has 1 unspecified atom stereocenters. The van der Waals surface area contributed by atoms with Crippen LogP contribution < -0.4 is 0 Å². The highest BCUT2D eigenvalue weighted by molar-refractivity contribution is 6.80. The summed E-state index contributed by atoms with van der Waals surface area (Å²) in [5.41, 5.74) is 0.665. The van der Waals surface area contributed by atoms with Crippen LogP contribution in [0.15, 0.2) is 24.3 Å². The molecule has 1 atom stereocenters. The number of rotatable bonds is 6. The Morgan fingerprint density at radius 2 is 1.46 bits per heavy atom. The molecule has 0 spiro atoms. The molecule has 24 heavy (non-hydrogen) atoms. The fourth-order valence-electron chi connectivity index (χ4n) is 1.92. The van der Waals surface area contributed by atoms with Gasteiger partial charge in [-0.3, -0.25) is 0 Å². The standard InChI is InChI=1S/C14H12Cl9O/c1-2-4-10(24)8-5-3-6-9(7-8)11(15,16)12(17,18)13(19,20)14(21,22)23/h3,5-7,10H,2,4H2,1H3. The van der Waals surface area contributed by atoms with Crippen LogP contribution in [0, 0.1) is 0 Å². The summed E-state index contributed by atoms with van der Waals surface area (Å²) >= 11 is 54.6. The molecule has 1 radical (unpaired) electrons. The van der Waals surface area contributed by atoms with Crippen molar-refractivity contribution in [1.82, 2.24) is 0 Å². The van der Waals surface area contributed by atoms with Crippen LogP contribution in [0.25, 0.3) is 0 Å². The summed E-state index contributed by atoms with van der Waals surface area (Å²) in [6.45, 7) is 1.90. The highest BCUT2D eigenvalue weighted by Gasteiger charge is 2.68. The van der Waals surface area contributed by atoms with Crippen molar-refractivity contribution in [2.75, 3.05) is 0 Å². The average molecular weight is 515 g/mol. The molecule has 1 aromatic rings. The zero-order valence-electron chi connectivity index (χ0n) is 12.1. The second-order valence-electron chi connectivity index (χ2n) is 5.12. The largest absolute Gasteiger partial charge is 0.228 e. The van der Waals surface area contributed by atoms with E-state index in [2.05, 4.69) is 0 Å². The second kappa shape index (κ2) is 8.43. The molecular weight excluding hydrogens is 503 g/mol. The van der Waals surface area contributed by atoms with Crippen LogP contribution in [0.2, 0.25) is 0 Å². The third kappa shape index (κ3) is 4.61. The average Bonchev–Trinajstić information content (AvgIpc) is 2.46. The van der Waals surface area contributed by atoms with Crippen molar-refractivity contribution in [2.45, 2.75) is 42.7 Å². The van der Waals surface area contributed by atoms with E-state index in [9.17, 15) is 5.11 Å². The third-order valence-corrected chi connectivity index (χ3v) is 8.79. The van der Waals surface area contributed by atoms with Gasteiger partial charge in [0.15, 0.2) is 8.67 Å². The van der Waals surface area contributed by atoms with Gasteiger partial charge in [0, 0.05) is 0 Å². The Bertz CT molecular complexity index is 566. The van der Waals surface area contributed by atoms with E-state index in [4.69, 9.17) is 104 Å². The van der Waals surface area contributed by atoms with Crippen LogP contribution in [-0.4, -0.2) is 12.5 Å². The topological polar surface area (TPSA) is 19.9 Å². The Morgan fingerprint density at radius 1 is 0.917 bits per heavy atom. The second-order valence-corrected chi connectivity index (χ2v) is 11.4. The summed E-state index contributed by atoms with van der Waals surface area (Å²) < 4.78 is -9.08. The number of hydrogen-bond acceptors (Lipinski definition) is 0. The lowest BCUT2D eigenvalue weighted by atomic mass is 9.99. The maximum atomic E-state index is 12.1. The van der Waals surface area contributed by atoms with E-state index >= 15 is 0 Å². The fraction of sp³-hybridized carbons (Fsp3) is 0.571. The van der Waals surface area contributed by atoms with Crippen LogP contribution in [0.5, 0.6) is 0 Å². The minimum Gasteiger partial charge on any atom is -0.228 e. The zero-order chi connectivity index (χ0) is 19.0. The summed E-state index contributed by atoms with van der Waals surface area (Å²) in [7, 11) is 0. The van der Waals surface area contributed by atoms with Gasteiger partial charge in [-0.25, -0.2) is 5.11 Å². The van der Waals surface area contributed by atoms with Gasteiger partial charge in [0.2, 0.25) is 8.13 Å². The summed E-state index contributed by atoms with van der Waals surface area (Å²) in [5, 5.41) is 12.1. The summed E-state index contributed by atoms with van der Waals surface area (Å²) in [6, 6.07) is 6.24. The van der Waals surface area contributed by atoms with Crippen molar-refractivity contribution in [2.24, 2.45) is 0 Å². The molecule has 0 saturated carbocycles. The predicted molar refractivity (Wildman–Crippen MR) is 107 cm³/mol. The number of alkyl halides is 9. The normalized spacial score (nSPS) is 15.5. The Kier molecular flexibility index (Phi) is 8.37. The summed E-state index contributed by atoms with van der Waals surface area (Å²) in [5.74, 6) is 0. The molecule has 10 heteroatoms. The van der Waals surface area contributed by atoms with Crippen LogP contribution >= 0.6 is 104 Å². The molecule has 0 aliphatic carbocycles. The van der Waals surface area contributed by atoms with Gasteiger partial charge in [-0.15, -0.1) is 0 Å². The molecule has 0 amide bonds. The maximum Gasteiger partial charge on any atom is 0.226 e. The van der Waals surface area contributed by atoms with Crippen LogP contribution in [-0.2, 0) is 9.44 Å². The molecule has 1 aromatic carbocycles. The molecule has 0 N–H and O–H groups in total. The first kappa shape index (κ1) is 23.8. The Balaban J connectivity index is 3.36. The number of halogens is 9. The molecule has 0 saturated heterocycles. The molecule has 0 heterocycles. The molecule has 1 nitrogen and oxygen atoms in total. The summed E-state index contributed by atoms with van der Waals surface area (Å²) in [6.07, 6.45) is 0.209. The van der Waals surface area contributed by atoms with Gasteiger partial charge in [0.05, 0.1) is 0 Å². The van der Waals surface area contributed by atoms with Gasteiger partial charge >= 0.3 is 0 Å². The fourth-order valence-corrected chi connectivity index (χ4v) is 4.13. The van der Waals surface area contributed by atoms with E-state index in [1.54, 1.807) is 12.1 Å². The molecule has 0 bridgehead atoms. The van der Waals surface area contributed by atoms with E-state index in [1.807, 2.05) is 6.92 Å². The monoisotopic (exact) mass is 511 g/mol. The van der Waals surface area contributed by atoms with Gasteiger partial charge in [-0.05, 0) is 23.6 Å². The van der Waals surface area contributed by atoms with Crippen LogP contribution in [0.1, 0.15) is 37.0 Å². The van der Waals surface area contributed by atoms with Crippen molar-refractivity contribution in [1.29, 1.82) is 0 Å². The lowest BCUT2D eigenvalue weighted by molar-refractivity contribution is 0.0804. The summed E-state index contributed by atoms with van der Waals surface area (Å²) in [4.78, 5) is 0. The van der Waals surface area contributed by atoms with Gasteiger partial charge in [-0.1, -0.05) is 136 Å². The van der Waals surface area contributed by atoms with Crippen molar-refractivity contribution >= 4 is 104 Å². The predicted octanol–water partition coefficient (Wildman–Crippen LogP) is 8.31. The Hall–Kier alpha value is 1.79. The van der Waals surface area contributed by atoms with E-state index in [1.165, 1.54) is 12.1 Å². The molecule has 0 aliphatic rings. The van der Waals surface area contributed by atoms with Gasteiger partial charge < -0.3 is 0 Å². The lowest BCUT2D eigenvalue weighted by Gasteiger charge is -2.44. The maximum absolute atomic E-state index is 12.1. The van der Waals surface area contributed by atoms with E-state index in [0.29, 0.717) is 12.0 Å². The Labute approximate surface area is 186 Å². The van der Waals surface area contributed by atoms with Crippen LogP contribution in [0.4, 0.5) is 0 Å². The molecular formula is C14H12Cl9O. The van der Waals surface area contributed by atoms with E-state index in [-0.39, 0.29) is 5.56 Å². The molecule has 137 valence electrons. The van der Waals surface area contributed by atoms with Crippen molar-refractivity contribution in [3.63, 3.8) is 0 Å². The number of hydrogen-bond donors (Lipinski definition) is 0. The third-order valence-electron chi connectivity index (χ3n) is 3.32. The molecule has 0 aromatic heterocycles. The number of benzene rings is 1. The molecule has 1 rings (SSSR count). The smallest absolute Gasteiger partial charge is 0.226 e. The van der Waals surface area contributed by atoms with Gasteiger partial charge in [-0.2, -0.15) is 0 Å². The van der Waals surface area contributed by atoms with Crippen molar-refractivity contribution in [3.05, 3.63) is 35.4 Å². The first-order valence-electron chi connectivity index (χ1n) is 6.66. The minimum absolute atomic E-state index is 0.199. The van der Waals surface area contributed by atoms with Crippen molar-refractivity contribution < 1.29 is 5.11 Å². The van der Waals surface area contributed by atoms with Crippen molar-refractivity contribution in [3.8, 4) is 0 Å². The quantitative estimate of drug-likeness (QED) is 0.340. The lowest BCUT2D eigenvalue weighted by Crippen LogP contribution is -2.54. The van der Waals surface area contributed by atoms with E-state index < -0.39 is 22.9 Å². The first-order valence-corrected chi connectivity index (χ1v) is 10.1. The van der Waals surface area contributed by atoms with E-state index in [0.717, 1.165) is 6.42 Å².